The molecule has 1 aliphatic heterocycles. The standard InChI is InChI=1S/C19H20BrNO6/c1-11(17(22)25-2)21-9-14(18(23)26-3)16(15(10-21)19(24)27-4)12-5-7-13(20)8-6-12/h5-11,16H,1-4H3/t11-/m0/s1. The largest absolute Gasteiger partial charge is 0.467 e. The van der Waals surface area contributed by atoms with Crippen molar-refractivity contribution in [3.63, 3.8) is 0 Å². The van der Waals surface area contributed by atoms with Gasteiger partial charge in [0.1, 0.15) is 6.04 Å². The molecular formula is C19H20BrNO6. The fraction of sp³-hybridized carbons (Fsp3) is 0.316. The summed E-state index contributed by atoms with van der Waals surface area (Å²) in [6.45, 7) is 1.60. The van der Waals surface area contributed by atoms with E-state index in [0.717, 1.165) is 4.47 Å². The Labute approximate surface area is 165 Å². The Morgan fingerprint density at radius 1 is 0.926 bits per heavy atom. The molecule has 0 amide bonds. The van der Waals surface area contributed by atoms with Crippen LogP contribution in [0, 0.1) is 0 Å². The van der Waals surface area contributed by atoms with Crippen LogP contribution in [0.25, 0.3) is 0 Å². The SMILES string of the molecule is COC(=O)C1=CN([C@@H](C)C(=O)OC)C=C(C(=O)OC)C1c1ccc(Br)cc1. The molecule has 0 saturated heterocycles. The fourth-order valence-electron chi connectivity index (χ4n) is 2.78. The number of carbonyl (C=O) groups is 3. The minimum Gasteiger partial charge on any atom is -0.467 e. The summed E-state index contributed by atoms with van der Waals surface area (Å²) in [6.07, 6.45) is 2.99. The molecular weight excluding hydrogens is 418 g/mol. The molecule has 2 rings (SSSR count). The van der Waals surface area contributed by atoms with Gasteiger partial charge in [-0.05, 0) is 24.6 Å². The number of hydrogen-bond acceptors (Lipinski definition) is 7. The molecule has 0 N–H and O–H groups in total. The van der Waals surface area contributed by atoms with E-state index in [4.69, 9.17) is 14.2 Å². The van der Waals surface area contributed by atoms with Crippen molar-refractivity contribution in [3.8, 4) is 0 Å². The molecule has 0 spiro atoms. The van der Waals surface area contributed by atoms with Crippen LogP contribution in [0.5, 0.6) is 0 Å². The summed E-state index contributed by atoms with van der Waals surface area (Å²) in [6, 6.07) is 6.45. The van der Waals surface area contributed by atoms with E-state index in [1.807, 2.05) is 12.1 Å². The van der Waals surface area contributed by atoms with Crippen LogP contribution in [0.4, 0.5) is 0 Å². The Balaban J connectivity index is 2.62. The Hall–Kier alpha value is -2.61. The van der Waals surface area contributed by atoms with Crippen molar-refractivity contribution in [1.29, 1.82) is 0 Å². The van der Waals surface area contributed by atoms with Gasteiger partial charge in [-0.1, -0.05) is 28.1 Å². The summed E-state index contributed by atoms with van der Waals surface area (Å²) in [5, 5.41) is 0. The lowest BCUT2D eigenvalue weighted by molar-refractivity contribution is -0.145. The van der Waals surface area contributed by atoms with E-state index in [-0.39, 0.29) is 11.1 Å². The number of esters is 3. The van der Waals surface area contributed by atoms with E-state index < -0.39 is 29.9 Å². The fourth-order valence-corrected chi connectivity index (χ4v) is 3.05. The minimum atomic E-state index is -0.750. The lowest BCUT2D eigenvalue weighted by Gasteiger charge is -2.32. The second-order valence-electron chi connectivity index (χ2n) is 5.78. The van der Waals surface area contributed by atoms with Crippen LogP contribution >= 0.6 is 15.9 Å². The molecule has 1 aromatic carbocycles. The molecule has 0 aliphatic carbocycles. The predicted octanol–water partition coefficient (Wildman–Crippen LogP) is 2.52. The molecule has 8 heteroatoms. The second-order valence-corrected chi connectivity index (χ2v) is 6.70. The smallest absolute Gasteiger partial charge is 0.336 e. The highest BCUT2D eigenvalue weighted by atomic mass is 79.9. The van der Waals surface area contributed by atoms with Crippen LogP contribution in [0.2, 0.25) is 0 Å². The third-order valence-electron chi connectivity index (χ3n) is 4.23. The average molecular weight is 438 g/mol. The van der Waals surface area contributed by atoms with Crippen molar-refractivity contribution in [2.24, 2.45) is 0 Å². The number of nitrogens with zero attached hydrogens (tertiary/aromatic N) is 1. The third kappa shape index (κ3) is 4.39. The van der Waals surface area contributed by atoms with Gasteiger partial charge in [-0.3, -0.25) is 0 Å². The summed E-state index contributed by atoms with van der Waals surface area (Å²) in [7, 11) is 3.78. The molecule has 27 heavy (non-hydrogen) atoms. The van der Waals surface area contributed by atoms with Gasteiger partial charge in [0.2, 0.25) is 0 Å². The van der Waals surface area contributed by atoms with Gasteiger partial charge in [-0.25, -0.2) is 14.4 Å². The van der Waals surface area contributed by atoms with Gasteiger partial charge in [0.05, 0.1) is 38.4 Å². The van der Waals surface area contributed by atoms with Gasteiger partial charge >= 0.3 is 17.9 Å². The normalized spacial score (nSPS) is 15.4. The summed E-state index contributed by atoms with van der Waals surface area (Å²) in [5.74, 6) is -2.43. The highest BCUT2D eigenvalue weighted by Crippen LogP contribution is 2.38. The summed E-state index contributed by atoms with van der Waals surface area (Å²) in [5.41, 5.74) is 1.12. The van der Waals surface area contributed by atoms with Gasteiger partial charge in [-0.2, -0.15) is 0 Å². The maximum absolute atomic E-state index is 12.5. The zero-order chi connectivity index (χ0) is 20.1. The monoisotopic (exact) mass is 437 g/mol. The van der Waals surface area contributed by atoms with Crippen molar-refractivity contribution in [2.75, 3.05) is 21.3 Å². The van der Waals surface area contributed by atoms with E-state index in [2.05, 4.69) is 15.9 Å². The highest BCUT2D eigenvalue weighted by molar-refractivity contribution is 9.10. The Bertz CT molecular complexity index is 765. The van der Waals surface area contributed by atoms with Crippen molar-refractivity contribution in [1.82, 2.24) is 4.90 Å². The van der Waals surface area contributed by atoms with E-state index in [1.54, 1.807) is 19.1 Å². The predicted molar refractivity (Wildman–Crippen MR) is 100 cm³/mol. The van der Waals surface area contributed by atoms with Crippen molar-refractivity contribution < 1.29 is 28.6 Å². The van der Waals surface area contributed by atoms with Crippen LogP contribution in [-0.4, -0.2) is 50.2 Å². The maximum atomic E-state index is 12.5. The Morgan fingerprint density at radius 3 is 1.81 bits per heavy atom. The van der Waals surface area contributed by atoms with E-state index >= 15 is 0 Å². The Kier molecular flexibility index (Phi) is 6.79. The number of ether oxygens (including phenoxy) is 3. The van der Waals surface area contributed by atoms with Crippen LogP contribution in [0.15, 0.2) is 52.3 Å². The molecule has 144 valence electrons. The van der Waals surface area contributed by atoms with Crippen LogP contribution in [0.3, 0.4) is 0 Å². The first-order chi connectivity index (χ1) is 12.8. The highest BCUT2D eigenvalue weighted by Gasteiger charge is 2.37. The number of methoxy groups -OCH3 is 3. The summed E-state index contributed by atoms with van der Waals surface area (Å²) in [4.78, 5) is 38.3. The molecule has 1 atom stereocenters. The molecule has 1 aliphatic rings. The summed E-state index contributed by atoms with van der Waals surface area (Å²) >= 11 is 3.37. The van der Waals surface area contributed by atoms with E-state index in [9.17, 15) is 14.4 Å². The van der Waals surface area contributed by atoms with Gasteiger partial charge in [0.15, 0.2) is 0 Å². The van der Waals surface area contributed by atoms with Crippen LogP contribution in [-0.2, 0) is 28.6 Å². The van der Waals surface area contributed by atoms with Gasteiger partial charge in [0, 0.05) is 16.9 Å². The van der Waals surface area contributed by atoms with Crippen molar-refractivity contribution >= 4 is 33.8 Å². The van der Waals surface area contributed by atoms with Crippen LogP contribution < -0.4 is 0 Å². The number of rotatable bonds is 5. The molecule has 0 radical (unpaired) electrons. The average Bonchev–Trinajstić information content (AvgIpc) is 2.71. The third-order valence-corrected chi connectivity index (χ3v) is 4.76. The topological polar surface area (TPSA) is 82.1 Å². The quantitative estimate of drug-likeness (QED) is 0.516. The Morgan fingerprint density at radius 2 is 1.41 bits per heavy atom. The molecule has 0 saturated carbocycles. The number of hydrogen-bond donors (Lipinski definition) is 0. The number of benzene rings is 1. The lowest BCUT2D eigenvalue weighted by Crippen LogP contribution is -2.37. The van der Waals surface area contributed by atoms with Gasteiger partial charge < -0.3 is 19.1 Å². The molecule has 1 heterocycles. The van der Waals surface area contributed by atoms with Gasteiger partial charge in [-0.15, -0.1) is 0 Å². The van der Waals surface area contributed by atoms with E-state index in [0.29, 0.717) is 5.56 Å². The number of halogens is 1. The zero-order valence-corrected chi connectivity index (χ0v) is 17.0. The zero-order valence-electron chi connectivity index (χ0n) is 15.4. The van der Waals surface area contributed by atoms with E-state index in [1.165, 1.54) is 38.6 Å². The molecule has 0 aromatic heterocycles. The molecule has 0 unspecified atom stereocenters. The maximum Gasteiger partial charge on any atom is 0.336 e. The van der Waals surface area contributed by atoms with Crippen LogP contribution in [0.1, 0.15) is 18.4 Å². The number of carbonyl (C=O) groups excluding carboxylic acids is 3. The lowest BCUT2D eigenvalue weighted by atomic mass is 9.83. The molecule has 7 nitrogen and oxygen atoms in total. The molecule has 0 bridgehead atoms. The first-order valence-corrected chi connectivity index (χ1v) is 8.84. The van der Waals surface area contributed by atoms with Crippen molar-refractivity contribution in [2.45, 2.75) is 18.9 Å². The van der Waals surface area contributed by atoms with Crippen molar-refractivity contribution in [3.05, 3.63) is 57.8 Å². The first kappa shape index (κ1) is 20.7. The van der Waals surface area contributed by atoms with Gasteiger partial charge in [0.25, 0.3) is 0 Å². The molecule has 1 aromatic rings. The minimum absolute atomic E-state index is 0.207. The second kappa shape index (κ2) is 8.85. The molecule has 0 fully saturated rings. The first-order valence-electron chi connectivity index (χ1n) is 8.04. The summed E-state index contributed by atoms with van der Waals surface area (Å²) < 4.78 is 15.4.